The lowest BCUT2D eigenvalue weighted by molar-refractivity contribution is -0.137. The summed E-state index contributed by atoms with van der Waals surface area (Å²) in [6.07, 6.45) is 0.785. The van der Waals surface area contributed by atoms with Crippen molar-refractivity contribution in [3.05, 3.63) is 71.5 Å². The van der Waals surface area contributed by atoms with Crippen LogP contribution >= 0.6 is 0 Å². The molecule has 1 aliphatic rings. The van der Waals surface area contributed by atoms with Crippen molar-refractivity contribution in [3.8, 4) is 0 Å². The molecule has 238 valence electrons. The molecule has 0 spiro atoms. The summed E-state index contributed by atoms with van der Waals surface area (Å²) in [6, 6.07) is 13.2. The third-order valence-corrected chi connectivity index (χ3v) is 7.84. The largest absolute Gasteiger partial charge is 0.481 e. The molecule has 2 heterocycles. The van der Waals surface area contributed by atoms with Crippen LogP contribution in [0.25, 0.3) is 0 Å². The van der Waals surface area contributed by atoms with Gasteiger partial charge in [-0.2, -0.15) is 5.21 Å². The van der Waals surface area contributed by atoms with Crippen LogP contribution in [0.5, 0.6) is 0 Å². The van der Waals surface area contributed by atoms with Crippen LogP contribution in [-0.4, -0.2) is 73.5 Å². The van der Waals surface area contributed by atoms with Crippen LogP contribution in [0.15, 0.2) is 54.6 Å². The summed E-state index contributed by atoms with van der Waals surface area (Å²) in [4.78, 5) is 67.0. The third kappa shape index (κ3) is 8.71. The number of tetrazole rings is 1. The Balaban J connectivity index is 1.56. The highest BCUT2D eigenvalue weighted by Crippen LogP contribution is 2.33. The van der Waals surface area contributed by atoms with Crippen molar-refractivity contribution in [1.29, 1.82) is 0 Å². The Hall–Kier alpha value is -5.14. The zero-order chi connectivity index (χ0) is 32.3. The number of amides is 4. The molecule has 2 unspecified atom stereocenters. The summed E-state index contributed by atoms with van der Waals surface area (Å²) < 4.78 is 0. The number of carboxylic acids is 1. The van der Waals surface area contributed by atoms with Crippen molar-refractivity contribution in [1.82, 2.24) is 36.6 Å². The van der Waals surface area contributed by atoms with Crippen LogP contribution in [0.4, 0.5) is 5.69 Å². The molecule has 3 aromatic rings. The minimum atomic E-state index is -1.16. The fourth-order valence-corrected chi connectivity index (χ4v) is 5.26. The molecule has 0 aliphatic carbocycles. The second-order valence-electron chi connectivity index (χ2n) is 11.0. The molecular formula is C31H38N8O6. The molecule has 0 saturated carbocycles. The van der Waals surface area contributed by atoms with E-state index in [1.165, 1.54) is 4.90 Å². The Kier molecular flexibility index (Phi) is 11.3. The number of carbonyl (C=O) groups excluding carboxylic acids is 4. The van der Waals surface area contributed by atoms with Crippen LogP contribution in [0, 0.1) is 5.92 Å². The van der Waals surface area contributed by atoms with Crippen molar-refractivity contribution in [2.24, 2.45) is 5.92 Å². The smallest absolute Gasteiger partial charge is 0.303 e. The number of H-pyrrole nitrogens is 1. The predicted molar refractivity (Wildman–Crippen MR) is 162 cm³/mol. The van der Waals surface area contributed by atoms with Gasteiger partial charge in [-0.05, 0) is 36.0 Å². The van der Waals surface area contributed by atoms with Gasteiger partial charge < -0.3 is 21.1 Å². The fraction of sp³-hybridized carbons (Fsp3) is 0.419. The monoisotopic (exact) mass is 618 g/mol. The van der Waals surface area contributed by atoms with Crippen LogP contribution in [0.2, 0.25) is 0 Å². The molecule has 45 heavy (non-hydrogen) atoms. The average Bonchev–Trinajstić information content (AvgIpc) is 3.70. The molecule has 0 bridgehead atoms. The van der Waals surface area contributed by atoms with E-state index >= 15 is 0 Å². The second kappa shape index (κ2) is 15.5. The van der Waals surface area contributed by atoms with E-state index in [4.69, 9.17) is 0 Å². The first-order valence-electron chi connectivity index (χ1n) is 14.9. The van der Waals surface area contributed by atoms with Crippen molar-refractivity contribution >= 4 is 35.3 Å². The van der Waals surface area contributed by atoms with Crippen LogP contribution in [0.1, 0.15) is 56.5 Å². The molecule has 0 saturated heterocycles. The number of nitrogens with one attached hydrogen (secondary N) is 4. The van der Waals surface area contributed by atoms with Crippen molar-refractivity contribution in [3.63, 3.8) is 0 Å². The molecule has 14 nitrogen and oxygen atoms in total. The van der Waals surface area contributed by atoms with Crippen molar-refractivity contribution in [2.45, 2.75) is 77.0 Å². The number of carbonyl (C=O) groups is 5. The van der Waals surface area contributed by atoms with Crippen molar-refractivity contribution in [2.75, 3.05) is 4.90 Å². The molecule has 0 radical (unpaired) electrons. The average molecular weight is 619 g/mol. The van der Waals surface area contributed by atoms with Crippen molar-refractivity contribution < 1.29 is 29.1 Å². The highest BCUT2D eigenvalue weighted by Gasteiger charge is 2.41. The highest BCUT2D eigenvalue weighted by atomic mass is 16.4. The van der Waals surface area contributed by atoms with Gasteiger partial charge in [0, 0.05) is 18.5 Å². The molecular weight excluding hydrogens is 580 g/mol. The van der Waals surface area contributed by atoms with Crippen LogP contribution in [-0.2, 0) is 43.4 Å². The maximum absolute atomic E-state index is 14.2. The van der Waals surface area contributed by atoms with E-state index < -0.39 is 41.8 Å². The number of hydrogen-bond acceptors (Lipinski definition) is 8. The highest BCUT2D eigenvalue weighted by molar-refractivity contribution is 6.07. The van der Waals surface area contributed by atoms with Gasteiger partial charge in [-0.25, -0.2) is 0 Å². The summed E-state index contributed by atoms with van der Waals surface area (Å²) >= 11 is 0. The van der Waals surface area contributed by atoms with Crippen LogP contribution < -0.4 is 20.9 Å². The van der Waals surface area contributed by atoms with E-state index in [1.54, 1.807) is 12.1 Å². The number of nitrogens with zero attached hydrogens (tertiary/aromatic N) is 4. The number of rotatable bonds is 15. The quantitative estimate of drug-likeness (QED) is 0.166. The van der Waals surface area contributed by atoms with Gasteiger partial charge in [-0.3, -0.25) is 28.9 Å². The predicted octanol–water partition coefficient (Wildman–Crippen LogP) is 1.29. The third-order valence-electron chi connectivity index (χ3n) is 7.84. The Morgan fingerprint density at radius 3 is 2.47 bits per heavy atom. The van der Waals surface area contributed by atoms with E-state index in [1.807, 2.05) is 56.3 Å². The minimum absolute atomic E-state index is 0.0117. The molecule has 5 N–H and O–H groups in total. The topological polar surface area (TPSA) is 199 Å². The van der Waals surface area contributed by atoms with E-state index in [0.29, 0.717) is 12.1 Å². The fourth-order valence-electron chi connectivity index (χ4n) is 5.26. The van der Waals surface area contributed by atoms with Gasteiger partial charge in [0.15, 0.2) is 5.82 Å². The van der Waals surface area contributed by atoms with Gasteiger partial charge in [0.2, 0.25) is 23.6 Å². The number of hydrogen-bond donors (Lipinski definition) is 5. The summed E-state index contributed by atoms with van der Waals surface area (Å²) in [5.74, 6) is -2.96. The SMILES string of the molecule is CC[C@H](C)[C@H](NC(=O)Cc1ccccc1)C(=O)NC(CCCC(=O)O)C(=O)N1c2ccccc2CC1C(=O)NCc1nn[nH]n1. The van der Waals surface area contributed by atoms with Gasteiger partial charge in [0.25, 0.3) is 0 Å². The normalized spacial score (nSPS) is 15.8. The summed E-state index contributed by atoms with van der Waals surface area (Å²) in [6.45, 7) is 3.71. The first kappa shape index (κ1) is 32.8. The lowest BCUT2D eigenvalue weighted by Gasteiger charge is -2.31. The summed E-state index contributed by atoms with van der Waals surface area (Å²) in [7, 11) is 0. The lowest BCUT2D eigenvalue weighted by atomic mass is 9.97. The molecule has 4 atom stereocenters. The number of benzene rings is 2. The molecule has 2 aromatic carbocycles. The van der Waals surface area contributed by atoms with Gasteiger partial charge in [-0.15, -0.1) is 10.2 Å². The Bertz CT molecular complexity index is 1480. The minimum Gasteiger partial charge on any atom is -0.481 e. The molecule has 4 amide bonds. The standard InChI is InChI=1S/C31H38N8O6/c1-3-19(2)28(34-26(40)16-20-10-5-4-6-11-20)30(44)33-22(13-9-15-27(41)42)31(45)39-23-14-8-7-12-21(23)17-24(39)29(43)32-18-25-35-37-38-36-25/h4-8,10-12,14,19,22,24,28H,3,9,13,15-18H2,1-2H3,(H,32,43)(H,33,44)(H,34,40)(H,41,42)(H,35,36,37,38)/t19-,22?,24?,28-/m0/s1. The summed E-state index contributed by atoms with van der Waals surface area (Å²) in [5.41, 5.74) is 2.08. The number of carboxylic acid groups (broad SMARTS) is 1. The van der Waals surface area contributed by atoms with Gasteiger partial charge in [0.1, 0.15) is 18.1 Å². The van der Waals surface area contributed by atoms with Gasteiger partial charge >= 0.3 is 5.97 Å². The van der Waals surface area contributed by atoms with Crippen LogP contribution in [0.3, 0.4) is 0 Å². The van der Waals surface area contributed by atoms with E-state index in [-0.39, 0.29) is 56.3 Å². The zero-order valence-electron chi connectivity index (χ0n) is 25.2. The Morgan fingerprint density at radius 2 is 1.78 bits per heavy atom. The lowest BCUT2D eigenvalue weighted by Crippen LogP contribution is -2.58. The number of anilines is 1. The first-order valence-corrected chi connectivity index (χ1v) is 14.9. The number of aromatic amines is 1. The van der Waals surface area contributed by atoms with Gasteiger partial charge in [-0.1, -0.05) is 74.0 Å². The number of aliphatic carboxylic acids is 1. The van der Waals surface area contributed by atoms with Gasteiger partial charge in [0.05, 0.1) is 13.0 Å². The maximum Gasteiger partial charge on any atom is 0.303 e. The second-order valence-corrected chi connectivity index (χ2v) is 11.0. The Labute approximate surface area is 260 Å². The molecule has 1 aromatic heterocycles. The first-order chi connectivity index (χ1) is 21.7. The van der Waals surface area contributed by atoms with E-state index in [2.05, 4.69) is 36.6 Å². The Morgan fingerprint density at radius 1 is 1.04 bits per heavy atom. The number of aromatic nitrogens is 4. The number of para-hydroxylation sites is 1. The molecule has 1 aliphatic heterocycles. The van der Waals surface area contributed by atoms with E-state index in [0.717, 1.165) is 11.1 Å². The maximum atomic E-state index is 14.2. The molecule has 0 fully saturated rings. The number of fused-ring (bicyclic) bond motifs is 1. The molecule has 4 rings (SSSR count). The molecule has 14 heteroatoms. The van der Waals surface area contributed by atoms with E-state index in [9.17, 15) is 29.1 Å². The summed E-state index contributed by atoms with van der Waals surface area (Å²) in [5, 5.41) is 31.1. The zero-order valence-corrected chi connectivity index (χ0v) is 25.2.